The first-order valence-electron chi connectivity index (χ1n) is 4.65. The molecular formula is C11H16O4. The number of hydrogen-bond acceptors (Lipinski definition) is 4. The van der Waals surface area contributed by atoms with E-state index in [1.165, 1.54) is 0 Å². The highest BCUT2D eigenvalue weighted by molar-refractivity contribution is 5.45. The van der Waals surface area contributed by atoms with Crippen LogP contribution in [0.15, 0.2) is 18.2 Å². The van der Waals surface area contributed by atoms with E-state index in [9.17, 15) is 0 Å². The smallest absolute Gasteiger partial charge is 0.164 e. The number of hydrogen-bond donors (Lipinski definition) is 0. The highest BCUT2D eigenvalue weighted by Gasteiger charge is 2.05. The van der Waals surface area contributed by atoms with E-state index in [0.717, 1.165) is 5.75 Å². The topological polar surface area (TPSA) is 36.9 Å². The Morgan fingerprint density at radius 1 is 0.933 bits per heavy atom. The molecule has 0 aromatic heterocycles. The molecule has 1 rings (SSSR count). The Bertz CT molecular complexity index is 299. The van der Waals surface area contributed by atoms with E-state index in [0.29, 0.717) is 24.7 Å². The van der Waals surface area contributed by atoms with Gasteiger partial charge >= 0.3 is 0 Å². The second kappa shape index (κ2) is 6.14. The van der Waals surface area contributed by atoms with Gasteiger partial charge in [0.05, 0.1) is 20.8 Å². The van der Waals surface area contributed by atoms with Crippen molar-refractivity contribution >= 4 is 0 Å². The van der Waals surface area contributed by atoms with Gasteiger partial charge in [-0.15, -0.1) is 0 Å². The molecule has 15 heavy (non-hydrogen) atoms. The van der Waals surface area contributed by atoms with Gasteiger partial charge in [0.1, 0.15) is 12.4 Å². The molecule has 0 spiro atoms. The van der Waals surface area contributed by atoms with Crippen molar-refractivity contribution in [2.24, 2.45) is 0 Å². The van der Waals surface area contributed by atoms with Gasteiger partial charge < -0.3 is 18.9 Å². The predicted octanol–water partition coefficient (Wildman–Crippen LogP) is 1.73. The van der Waals surface area contributed by atoms with Crippen LogP contribution in [-0.4, -0.2) is 34.5 Å². The van der Waals surface area contributed by atoms with E-state index in [-0.39, 0.29) is 0 Å². The Labute approximate surface area is 89.7 Å². The maximum absolute atomic E-state index is 5.48. The van der Waals surface area contributed by atoms with E-state index in [4.69, 9.17) is 18.9 Å². The first-order chi connectivity index (χ1) is 7.31. The number of methoxy groups -OCH3 is 3. The van der Waals surface area contributed by atoms with Crippen LogP contribution in [0.5, 0.6) is 17.2 Å². The molecule has 0 amide bonds. The van der Waals surface area contributed by atoms with Crippen LogP contribution in [0, 0.1) is 0 Å². The Hall–Kier alpha value is -1.42. The second-order valence-corrected chi connectivity index (χ2v) is 2.86. The minimum absolute atomic E-state index is 0.486. The van der Waals surface area contributed by atoms with Gasteiger partial charge in [0.25, 0.3) is 0 Å². The van der Waals surface area contributed by atoms with Crippen LogP contribution in [0.4, 0.5) is 0 Å². The second-order valence-electron chi connectivity index (χ2n) is 2.86. The molecule has 1 aromatic carbocycles. The van der Waals surface area contributed by atoms with E-state index < -0.39 is 0 Å². The highest BCUT2D eigenvalue weighted by atomic mass is 16.5. The first-order valence-corrected chi connectivity index (χ1v) is 4.65. The van der Waals surface area contributed by atoms with Gasteiger partial charge in [0.15, 0.2) is 11.5 Å². The summed E-state index contributed by atoms with van der Waals surface area (Å²) in [4.78, 5) is 0. The van der Waals surface area contributed by atoms with Crippen molar-refractivity contribution in [3.63, 3.8) is 0 Å². The molecule has 0 aliphatic rings. The Balaban J connectivity index is 2.72. The zero-order chi connectivity index (χ0) is 11.1. The molecule has 4 heteroatoms. The Morgan fingerprint density at radius 2 is 1.73 bits per heavy atom. The third kappa shape index (κ3) is 3.32. The monoisotopic (exact) mass is 212 g/mol. The summed E-state index contributed by atoms with van der Waals surface area (Å²) >= 11 is 0. The fraction of sp³-hybridized carbons (Fsp3) is 0.455. The lowest BCUT2D eigenvalue weighted by Crippen LogP contribution is -2.05. The molecule has 0 aliphatic carbocycles. The van der Waals surface area contributed by atoms with Crippen molar-refractivity contribution in [2.75, 3.05) is 34.5 Å². The van der Waals surface area contributed by atoms with Gasteiger partial charge in [0.2, 0.25) is 0 Å². The van der Waals surface area contributed by atoms with Crippen LogP contribution < -0.4 is 14.2 Å². The molecule has 1 aromatic rings. The van der Waals surface area contributed by atoms with Crippen molar-refractivity contribution in [1.82, 2.24) is 0 Å². The van der Waals surface area contributed by atoms with Crippen LogP contribution in [0.3, 0.4) is 0 Å². The average molecular weight is 212 g/mol. The van der Waals surface area contributed by atoms with Crippen molar-refractivity contribution in [3.8, 4) is 17.2 Å². The van der Waals surface area contributed by atoms with Crippen molar-refractivity contribution < 1.29 is 18.9 Å². The molecular weight excluding hydrogens is 196 g/mol. The van der Waals surface area contributed by atoms with Gasteiger partial charge in [-0.1, -0.05) is 0 Å². The van der Waals surface area contributed by atoms with Gasteiger partial charge in [-0.3, -0.25) is 0 Å². The molecule has 0 radical (unpaired) electrons. The maximum Gasteiger partial charge on any atom is 0.164 e. The van der Waals surface area contributed by atoms with E-state index >= 15 is 0 Å². The molecule has 0 aliphatic heterocycles. The van der Waals surface area contributed by atoms with E-state index in [1.54, 1.807) is 33.5 Å². The zero-order valence-electron chi connectivity index (χ0n) is 9.28. The quantitative estimate of drug-likeness (QED) is 0.673. The summed E-state index contributed by atoms with van der Waals surface area (Å²) in [5, 5.41) is 0. The van der Waals surface area contributed by atoms with Crippen LogP contribution in [-0.2, 0) is 4.74 Å². The fourth-order valence-electron chi connectivity index (χ4n) is 1.13. The molecule has 0 heterocycles. The number of ether oxygens (including phenoxy) is 4. The van der Waals surface area contributed by atoms with Crippen molar-refractivity contribution in [1.29, 1.82) is 0 Å². The standard InChI is InChI=1S/C11H16O4/c1-12-6-7-15-11-8-9(13-2)4-5-10(11)14-3/h4-5,8H,6-7H2,1-3H3. The normalized spacial score (nSPS) is 9.80. The SMILES string of the molecule is COCCOc1cc(OC)ccc1OC. The molecule has 84 valence electrons. The van der Waals surface area contributed by atoms with Crippen LogP contribution >= 0.6 is 0 Å². The molecule has 0 atom stereocenters. The Kier molecular flexibility index (Phi) is 4.77. The number of benzene rings is 1. The highest BCUT2D eigenvalue weighted by Crippen LogP contribution is 2.30. The lowest BCUT2D eigenvalue weighted by atomic mass is 10.3. The van der Waals surface area contributed by atoms with Crippen LogP contribution in [0.25, 0.3) is 0 Å². The largest absolute Gasteiger partial charge is 0.497 e. The lowest BCUT2D eigenvalue weighted by Gasteiger charge is -2.11. The average Bonchev–Trinajstić information content (AvgIpc) is 2.29. The van der Waals surface area contributed by atoms with Gasteiger partial charge in [-0.25, -0.2) is 0 Å². The molecule has 0 saturated heterocycles. The van der Waals surface area contributed by atoms with Crippen LogP contribution in [0.1, 0.15) is 0 Å². The van der Waals surface area contributed by atoms with Crippen molar-refractivity contribution in [2.45, 2.75) is 0 Å². The maximum atomic E-state index is 5.48. The fourth-order valence-corrected chi connectivity index (χ4v) is 1.13. The van der Waals surface area contributed by atoms with Gasteiger partial charge in [-0.2, -0.15) is 0 Å². The number of rotatable bonds is 6. The summed E-state index contributed by atoms with van der Waals surface area (Å²) in [5.74, 6) is 2.09. The first kappa shape index (κ1) is 11.7. The third-order valence-electron chi connectivity index (χ3n) is 1.92. The molecule has 0 N–H and O–H groups in total. The summed E-state index contributed by atoms with van der Waals surface area (Å²) < 4.78 is 20.6. The molecule has 4 nitrogen and oxygen atoms in total. The van der Waals surface area contributed by atoms with Crippen molar-refractivity contribution in [3.05, 3.63) is 18.2 Å². The van der Waals surface area contributed by atoms with Gasteiger partial charge in [-0.05, 0) is 12.1 Å². The minimum atomic E-state index is 0.486. The van der Waals surface area contributed by atoms with Crippen LogP contribution in [0.2, 0.25) is 0 Å². The summed E-state index contributed by atoms with van der Waals surface area (Å²) in [6.07, 6.45) is 0. The van der Waals surface area contributed by atoms with E-state index in [1.807, 2.05) is 6.07 Å². The minimum Gasteiger partial charge on any atom is -0.497 e. The summed E-state index contributed by atoms with van der Waals surface area (Å²) in [6, 6.07) is 5.41. The zero-order valence-corrected chi connectivity index (χ0v) is 9.28. The molecule has 0 bridgehead atoms. The predicted molar refractivity (Wildman–Crippen MR) is 56.9 cm³/mol. The lowest BCUT2D eigenvalue weighted by molar-refractivity contribution is 0.144. The third-order valence-corrected chi connectivity index (χ3v) is 1.92. The Morgan fingerprint density at radius 3 is 2.33 bits per heavy atom. The summed E-state index contributed by atoms with van der Waals surface area (Å²) in [7, 11) is 4.85. The van der Waals surface area contributed by atoms with Gasteiger partial charge in [0, 0.05) is 13.2 Å². The summed E-state index contributed by atoms with van der Waals surface area (Å²) in [6.45, 7) is 1.03. The molecule has 0 saturated carbocycles. The van der Waals surface area contributed by atoms with E-state index in [2.05, 4.69) is 0 Å². The summed E-state index contributed by atoms with van der Waals surface area (Å²) in [5.41, 5.74) is 0. The molecule has 0 fully saturated rings. The molecule has 0 unspecified atom stereocenters.